The Kier molecular flexibility index (Phi) is 70.5. The van der Waals surface area contributed by atoms with E-state index < -0.39 is 26.5 Å². The monoisotopic (exact) mass is 1350 g/mol. The summed E-state index contributed by atoms with van der Waals surface area (Å²) in [5.74, 6) is -0.832. The smallest absolute Gasteiger partial charge is 0.462 e. The Morgan fingerprint density at radius 2 is 0.594 bits per heavy atom. The standard InChI is InChI=1S/C86H142NO8P/c1-6-8-10-12-14-16-18-20-22-24-26-28-30-32-34-36-38-39-40-41-42-43-44-45-46-47-49-51-53-55-57-59-61-63-65-67-69-71-73-75-77-79-86(89)95-84(83-94-96(90,91)93-81-80-87(3,4)5)82-92-85(88)78-76-74-72-70-68-66-64-62-60-58-56-54-52-50-48-37-35-33-31-29-27-25-23-21-19-17-15-13-11-9-7-2/h8,10,14,16,19-22,25-28,31-34,38-39,41-42,44-45,47,49,53,55,59,61,65,67,84H,6-7,9,11-13,15,17-18,23-24,29-30,35-37,40,43,46,48,50-52,54,56-58,60,62-64,66,68-83H2,1-5H3/p+1/b10-8-,16-14-,21-19-,22-20-,27-25-,28-26-,33-31-,34-32-,39-38-,42-41-,45-44-,49-47-,55-53-,61-59-,67-65-. The summed E-state index contributed by atoms with van der Waals surface area (Å²) in [6.07, 6.45) is 114. The maximum absolute atomic E-state index is 12.9. The molecule has 0 aromatic carbocycles. The molecule has 0 aliphatic rings. The van der Waals surface area contributed by atoms with Gasteiger partial charge >= 0.3 is 19.8 Å². The van der Waals surface area contributed by atoms with E-state index in [2.05, 4.69) is 196 Å². The number of quaternary nitrogens is 1. The van der Waals surface area contributed by atoms with Gasteiger partial charge in [0.25, 0.3) is 0 Å². The largest absolute Gasteiger partial charge is 0.472 e. The van der Waals surface area contributed by atoms with Crippen molar-refractivity contribution in [1.82, 2.24) is 0 Å². The lowest BCUT2D eigenvalue weighted by atomic mass is 10.0. The van der Waals surface area contributed by atoms with Crippen LogP contribution in [0.3, 0.4) is 0 Å². The third kappa shape index (κ3) is 78.1. The molecule has 0 aromatic heterocycles. The van der Waals surface area contributed by atoms with Gasteiger partial charge in [-0.15, -0.1) is 0 Å². The highest BCUT2D eigenvalue weighted by Gasteiger charge is 2.27. The molecule has 0 spiro atoms. The van der Waals surface area contributed by atoms with Crippen molar-refractivity contribution in [3.05, 3.63) is 182 Å². The second kappa shape index (κ2) is 74.3. The molecule has 96 heavy (non-hydrogen) atoms. The predicted molar refractivity (Wildman–Crippen MR) is 417 cm³/mol. The molecule has 2 unspecified atom stereocenters. The Hall–Kier alpha value is -4.89. The van der Waals surface area contributed by atoms with Crippen molar-refractivity contribution in [3.8, 4) is 0 Å². The Balaban J connectivity index is 4.14. The second-order valence-electron chi connectivity index (χ2n) is 26.3. The zero-order chi connectivity index (χ0) is 69.7. The Morgan fingerprint density at radius 1 is 0.333 bits per heavy atom. The highest BCUT2D eigenvalue weighted by molar-refractivity contribution is 7.47. The number of hydrogen-bond acceptors (Lipinski definition) is 7. The molecule has 0 amide bonds. The third-order valence-electron chi connectivity index (χ3n) is 15.9. The van der Waals surface area contributed by atoms with E-state index in [1.54, 1.807) is 0 Å². The van der Waals surface area contributed by atoms with Crippen LogP contribution in [0.25, 0.3) is 0 Å². The average molecular weight is 1350 g/mol. The number of unbranched alkanes of at least 4 members (excludes halogenated alkanes) is 25. The third-order valence-corrected chi connectivity index (χ3v) is 16.9. The minimum atomic E-state index is -4.41. The van der Waals surface area contributed by atoms with Gasteiger partial charge in [-0.2, -0.15) is 0 Å². The van der Waals surface area contributed by atoms with E-state index in [0.717, 1.165) is 135 Å². The number of carbonyl (C=O) groups is 2. The summed E-state index contributed by atoms with van der Waals surface area (Å²) < 4.78 is 34.7. The Morgan fingerprint density at radius 3 is 0.885 bits per heavy atom. The highest BCUT2D eigenvalue weighted by atomic mass is 31.2. The van der Waals surface area contributed by atoms with Crippen LogP contribution in [0.5, 0.6) is 0 Å². The lowest BCUT2D eigenvalue weighted by Crippen LogP contribution is -2.37. The van der Waals surface area contributed by atoms with E-state index in [-0.39, 0.29) is 32.0 Å². The van der Waals surface area contributed by atoms with Crippen molar-refractivity contribution in [2.24, 2.45) is 0 Å². The number of likely N-dealkylation sites (N-methyl/N-ethyl adjacent to an activating group) is 1. The molecule has 0 saturated heterocycles. The van der Waals surface area contributed by atoms with Crippen LogP contribution in [0.1, 0.15) is 296 Å². The molecule has 10 heteroatoms. The van der Waals surface area contributed by atoms with E-state index in [4.69, 9.17) is 18.5 Å². The normalized spacial score (nSPS) is 14.1. The molecule has 0 fully saturated rings. The lowest BCUT2D eigenvalue weighted by molar-refractivity contribution is -0.870. The molecular weight excluding hydrogens is 1210 g/mol. The first-order valence-electron chi connectivity index (χ1n) is 38.5. The number of allylic oxidation sites excluding steroid dienone is 30. The predicted octanol–water partition coefficient (Wildman–Crippen LogP) is 25.8. The number of nitrogens with zero attached hydrogens (tertiary/aromatic N) is 1. The molecule has 9 nitrogen and oxygen atoms in total. The maximum Gasteiger partial charge on any atom is 0.472 e. The van der Waals surface area contributed by atoms with Gasteiger partial charge in [-0.05, 0) is 141 Å². The van der Waals surface area contributed by atoms with Gasteiger partial charge < -0.3 is 18.9 Å². The summed E-state index contributed by atoms with van der Waals surface area (Å²) in [6, 6.07) is 0. The number of carbonyl (C=O) groups excluding carboxylic acids is 2. The zero-order valence-corrected chi connectivity index (χ0v) is 62.9. The Labute approximate surface area is 591 Å². The summed E-state index contributed by atoms with van der Waals surface area (Å²) in [6.45, 7) is 4.28. The average Bonchev–Trinajstić information content (AvgIpc) is 2.54. The molecule has 2 atom stereocenters. The molecule has 0 aromatic rings. The van der Waals surface area contributed by atoms with Gasteiger partial charge in [0.1, 0.15) is 19.8 Å². The quantitative estimate of drug-likeness (QED) is 0.0211. The van der Waals surface area contributed by atoms with Crippen LogP contribution in [0.4, 0.5) is 0 Å². The SMILES string of the molecule is CC/C=C\C/C=C\C/C=C\C/C=C\C/C=C\C/C=C\C/C=C\C/C=C\C/C=C\C/C=C\C/C=C\C/C=C\CCCCCCC(=O)OC(COC(=O)CCCCCCCCCCCCCCCCCC/C=C\C/C=C\C/C=C\CCCCCCC)COP(=O)(O)OCC[N+](C)(C)C. The molecule has 544 valence electrons. The van der Waals surface area contributed by atoms with Crippen LogP contribution in [-0.4, -0.2) is 74.9 Å². The summed E-state index contributed by atoms with van der Waals surface area (Å²) in [7, 11) is 1.44. The van der Waals surface area contributed by atoms with Crippen molar-refractivity contribution in [1.29, 1.82) is 0 Å². The summed E-state index contributed by atoms with van der Waals surface area (Å²) in [5.41, 5.74) is 0. The van der Waals surface area contributed by atoms with E-state index in [1.165, 1.54) is 128 Å². The first-order valence-corrected chi connectivity index (χ1v) is 40.0. The van der Waals surface area contributed by atoms with Gasteiger partial charge in [-0.1, -0.05) is 325 Å². The van der Waals surface area contributed by atoms with Gasteiger partial charge in [-0.3, -0.25) is 18.6 Å². The fourth-order valence-electron chi connectivity index (χ4n) is 10.1. The fourth-order valence-corrected chi connectivity index (χ4v) is 10.8. The van der Waals surface area contributed by atoms with Gasteiger partial charge in [0, 0.05) is 12.8 Å². The number of hydrogen-bond donors (Lipinski definition) is 1. The van der Waals surface area contributed by atoms with Crippen LogP contribution in [0, 0.1) is 0 Å². The number of ether oxygens (including phenoxy) is 2. The van der Waals surface area contributed by atoms with E-state index in [0.29, 0.717) is 17.4 Å². The number of rotatable bonds is 69. The number of esters is 2. The summed E-state index contributed by atoms with van der Waals surface area (Å²) in [4.78, 5) is 35.9. The molecule has 0 bridgehead atoms. The first kappa shape index (κ1) is 91.1. The van der Waals surface area contributed by atoms with Crippen molar-refractivity contribution in [3.63, 3.8) is 0 Å². The van der Waals surface area contributed by atoms with Gasteiger partial charge in [0.05, 0.1) is 27.7 Å². The molecule has 0 heterocycles. The number of phosphoric ester groups is 1. The molecule has 0 rings (SSSR count). The van der Waals surface area contributed by atoms with Crippen LogP contribution in [0.2, 0.25) is 0 Å². The van der Waals surface area contributed by atoms with E-state index >= 15 is 0 Å². The minimum Gasteiger partial charge on any atom is -0.462 e. The molecule has 0 aliphatic heterocycles. The summed E-state index contributed by atoms with van der Waals surface area (Å²) in [5, 5.41) is 0. The van der Waals surface area contributed by atoms with Crippen LogP contribution < -0.4 is 0 Å². The van der Waals surface area contributed by atoms with Crippen molar-refractivity contribution < 1.29 is 42.1 Å². The topological polar surface area (TPSA) is 108 Å². The van der Waals surface area contributed by atoms with Crippen LogP contribution in [-0.2, 0) is 32.7 Å². The molecule has 0 radical (unpaired) electrons. The zero-order valence-electron chi connectivity index (χ0n) is 62.0. The fraction of sp³-hybridized carbons (Fsp3) is 0.628. The highest BCUT2D eigenvalue weighted by Crippen LogP contribution is 2.43. The van der Waals surface area contributed by atoms with Crippen LogP contribution >= 0.6 is 7.82 Å². The number of phosphoric acid groups is 1. The Bertz CT molecular complexity index is 2280. The van der Waals surface area contributed by atoms with E-state index in [1.807, 2.05) is 21.1 Å². The van der Waals surface area contributed by atoms with Crippen molar-refractivity contribution in [2.75, 3.05) is 47.5 Å². The molecular formula is C86H143NO8P+. The molecule has 0 aliphatic carbocycles. The lowest BCUT2D eigenvalue weighted by Gasteiger charge is -2.24. The van der Waals surface area contributed by atoms with Gasteiger partial charge in [0.15, 0.2) is 6.10 Å². The van der Waals surface area contributed by atoms with Gasteiger partial charge in [-0.25, -0.2) is 4.57 Å². The van der Waals surface area contributed by atoms with Gasteiger partial charge in [0.2, 0.25) is 0 Å². The second-order valence-corrected chi connectivity index (χ2v) is 27.8. The first-order chi connectivity index (χ1) is 47.0. The van der Waals surface area contributed by atoms with E-state index in [9.17, 15) is 19.0 Å². The maximum atomic E-state index is 12.9. The van der Waals surface area contributed by atoms with Crippen molar-refractivity contribution >= 4 is 19.8 Å². The summed E-state index contributed by atoms with van der Waals surface area (Å²) >= 11 is 0. The molecule has 1 N–H and O–H groups in total. The molecule has 0 saturated carbocycles. The van der Waals surface area contributed by atoms with Crippen molar-refractivity contribution in [2.45, 2.75) is 302 Å². The van der Waals surface area contributed by atoms with Crippen LogP contribution in [0.15, 0.2) is 182 Å². The minimum absolute atomic E-state index is 0.0178.